The predicted octanol–water partition coefficient (Wildman–Crippen LogP) is 0.355. The lowest BCUT2D eigenvalue weighted by Crippen LogP contribution is -2.58. The maximum atomic E-state index is 13.5. The van der Waals surface area contributed by atoms with Gasteiger partial charge in [0, 0.05) is 19.3 Å². The fourth-order valence-corrected chi connectivity index (χ4v) is 4.08. The van der Waals surface area contributed by atoms with E-state index in [4.69, 9.17) is 11.5 Å². The molecule has 4 unspecified atom stereocenters. The van der Waals surface area contributed by atoms with Crippen molar-refractivity contribution in [3.8, 4) is 5.75 Å². The minimum absolute atomic E-state index is 0.00215. The van der Waals surface area contributed by atoms with Gasteiger partial charge in [0.1, 0.15) is 23.9 Å². The van der Waals surface area contributed by atoms with E-state index in [1.54, 1.807) is 42.5 Å². The number of carboxylic acid groups (broad SMARTS) is 1. The molecule has 0 aliphatic heterocycles. The highest BCUT2D eigenvalue weighted by atomic mass is 16.4. The zero-order valence-corrected chi connectivity index (χ0v) is 23.2. The topological polar surface area (TPSA) is 214 Å². The second kappa shape index (κ2) is 16.0. The number of carboxylic acids is 1. The van der Waals surface area contributed by atoms with E-state index in [2.05, 4.69) is 16.0 Å². The maximum Gasteiger partial charge on any atom is 0.326 e. The van der Waals surface area contributed by atoms with Gasteiger partial charge in [-0.25, -0.2) is 4.79 Å². The number of phenolic OH excluding ortho intramolecular Hbond substituents is 1. The van der Waals surface area contributed by atoms with Crippen LogP contribution in [0.1, 0.15) is 44.2 Å². The van der Waals surface area contributed by atoms with E-state index in [-0.39, 0.29) is 43.8 Å². The van der Waals surface area contributed by atoms with Crippen LogP contribution >= 0.6 is 0 Å². The van der Waals surface area contributed by atoms with Crippen molar-refractivity contribution in [3.63, 3.8) is 0 Å². The molecule has 12 nitrogen and oxygen atoms in total. The van der Waals surface area contributed by atoms with Crippen LogP contribution in [0.2, 0.25) is 0 Å². The van der Waals surface area contributed by atoms with Crippen molar-refractivity contribution in [2.75, 3.05) is 0 Å². The Morgan fingerprint density at radius 2 is 1.27 bits per heavy atom. The quantitative estimate of drug-likeness (QED) is 0.149. The Hall–Kier alpha value is -4.45. The number of primary amides is 1. The van der Waals surface area contributed by atoms with Crippen LogP contribution < -0.4 is 27.4 Å². The molecule has 4 amide bonds. The van der Waals surface area contributed by atoms with Crippen molar-refractivity contribution < 1.29 is 34.2 Å². The molecular formula is C29H39N5O7. The number of aliphatic carboxylic acids is 1. The summed E-state index contributed by atoms with van der Waals surface area (Å²) < 4.78 is 0. The highest BCUT2D eigenvalue weighted by Crippen LogP contribution is 2.13. The van der Waals surface area contributed by atoms with Crippen LogP contribution in [0.4, 0.5) is 0 Å². The molecule has 0 bridgehead atoms. The van der Waals surface area contributed by atoms with E-state index in [1.165, 1.54) is 12.1 Å². The van der Waals surface area contributed by atoms with Crippen LogP contribution in [-0.4, -0.2) is 64.0 Å². The molecule has 2 aromatic rings. The first-order chi connectivity index (χ1) is 19.3. The summed E-state index contributed by atoms with van der Waals surface area (Å²) in [6, 6.07) is 10.2. The number of nitrogens with one attached hydrogen (secondary N) is 3. The second-order valence-electron chi connectivity index (χ2n) is 10.3. The van der Waals surface area contributed by atoms with Crippen LogP contribution in [0, 0.1) is 5.92 Å². The van der Waals surface area contributed by atoms with Crippen molar-refractivity contribution in [1.29, 1.82) is 0 Å². The summed E-state index contributed by atoms with van der Waals surface area (Å²) in [6.45, 7) is 3.69. The predicted molar refractivity (Wildman–Crippen MR) is 151 cm³/mol. The van der Waals surface area contributed by atoms with Gasteiger partial charge in [-0.05, 0) is 42.0 Å². The molecule has 0 radical (unpaired) electrons. The maximum absolute atomic E-state index is 13.5. The average molecular weight is 570 g/mol. The smallest absolute Gasteiger partial charge is 0.326 e. The van der Waals surface area contributed by atoms with Crippen molar-refractivity contribution in [1.82, 2.24) is 16.0 Å². The molecule has 0 fully saturated rings. The van der Waals surface area contributed by atoms with Gasteiger partial charge in [-0.15, -0.1) is 0 Å². The van der Waals surface area contributed by atoms with Gasteiger partial charge >= 0.3 is 5.97 Å². The summed E-state index contributed by atoms with van der Waals surface area (Å²) in [5.74, 6) is -3.93. The fourth-order valence-electron chi connectivity index (χ4n) is 4.08. The largest absolute Gasteiger partial charge is 0.508 e. The molecule has 9 N–H and O–H groups in total. The van der Waals surface area contributed by atoms with E-state index in [1.807, 2.05) is 13.8 Å². The summed E-state index contributed by atoms with van der Waals surface area (Å²) in [4.78, 5) is 62.5. The molecule has 2 rings (SSSR count). The third-order valence-electron chi connectivity index (χ3n) is 6.28. The van der Waals surface area contributed by atoms with Crippen LogP contribution in [-0.2, 0) is 36.8 Å². The SMILES string of the molecule is CC(C)CC(NC(=O)C(Cc1ccc(O)cc1)NC(=O)C(N)CCC(N)=O)C(=O)NC(Cc1ccccc1)C(=O)O. The second-order valence-corrected chi connectivity index (χ2v) is 10.3. The first-order valence-electron chi connectivity index (χ1n) is 13.3. The Kier molecular flexibility index (Phi) is 12.8. The summed E-state index contributed by atoms with van der Waals surface area (Å²) in [6.07, 6.45) is 0.112. The highest BCUT2D eigenvalue weighted by molar-refractivity contribution is 5.94. The zero-order chi connectivity index (χ0) is 30.5. The Bertz CT molecular complexity index is 1190. The number of carbonyl (C=O) groups is 5. The Balaban J connectivity index is 2.23. The monoisotopic (exact) mass is 569 g/mol. The standard InChI is InChI=1S/C29H39N5O7/c1-17(2)14-22(27(38)34-24(29(40)41)16-18-6-4-3-5-7-18)33-28(39)23(15-19-8-10-20(35)11-9-19)32-26(37)21(30)12-13-25(31)36/h3-11,17,21-24,35H,12-16,30H2,1-2H3,(H2,31,36)(H,32,37)(H,33,39)(H,34,38)(H,40,41). The third kappa shape index (κ3) is 11.7. The van der Waals surface area contributed by atoms with Crippen molar-refractivity contribution in [2.45, 2.75) is 70.1 Å². The van der Waals surface area contributed by atoms with Crippen molar-refractivity contribution >= 4 is 29.6 Å². The highest BCUT2D eigenvalue weighted by Gasteiger charge is 2.31. The number of phenols is 1. The minimum Gasteiger partial charge on any atom is -0.508 e. The molecule has 0 aliphatic carbocycles. The molecule has 0 spiro atoms. The molecule has 4 atom stereocenters. The van der Waals surface area contributed by atoms with Gasteiger partial charge in [0.25, 0.3) is 0 Å². The number of benzene rings is 2. The lowest BCUT2D eigenvalue weighted by Gasteiger charge is -2.26. The van der Waals surface area contributed by atoms with Crippen molar-refractivity contribution in [3.05, 3.63) is 65.7 Å². The number of carbonyl (C=O) groups excluding carboxylic acids is 4. The molecule has 0 saturated heterocycles. The Morgan fingerprint density at radius 1 is 0.756 bits per heavy atom. The van der Waals surface area contributed by atoms with Gasteiger partial charge in [-0.3, -0.25) is 19.2 Å². The molecule has 2 aromatic carbocycles. The molecule has 0 saturated carbocycles. The molecule has 222 valence electrons. The number of hydrogen-bond donors (Lipinski definition) is 7. The third-order valence-corrected chi connectivity index (χ3v) is 6.28. The number of aromatic hydroxyl groups is 1. The van der Waals surface area contributed by atoms with E-state index in [0.717, 1.165) is 0 Å². The Labute approximate surface area is 238 Å². The lowest BCUT2D eigenvalue weighted by atomic mass is 9.99. The number of amides is 4. The van der Waals surface area contributed by atoms with E-state index in [9.17, 15) is 34.2 Å². The summed E-state index contributed by atoms with van der Waals surface area (Å²) in [5.41, 5.74) is 12.3. The molecule has 12 heteroatoms. The van der Waals surface area contributed by atoms with Crippen molar-refractivity contribution in [2.24, 2.45) is 17.4 Å². The van der Waals surface area contributed by atoms with Gasteiger partial charge < -0.3 is 37.6 Å². The number of rotatable bonds is 16. The van der Waals surface area contributed by atoms with E-state index >= 15 is 0 Å². The summed E-state index contributed by atoms with van der Waals surface area (Å²) >= 11 is 0. The van der Waals surface area contributed by atoms with E-state index < -0.39 is 53.8 Å². The molecule has 0 aliphatic rings. The molecular weight excluding hydrogens is 530 g/mol. The van der Waals surface area contributed by atoms with Gasteiger partial charge in [-0.2, -0.15) is 0 Å². The fraction of sp³-hybridized carbons (Fsp3) is 0.414. The van der Waals surface area contributed by atoms with Crippen LogP contribution in [0.3, 0.4) is 0 Å². The van der Waals surface area contributed by atoms with Gasteiger partial charge in [-0.1, -0.05) is 56.3 Å². The summed E-state index contributed by atoms with van der Waals surface area (Å²) in [7, 11) is 0. The zero-order valence-electron chi connectivity index (χ0n) is 23.2. The molecule has 41 heavy (non-hydrogen) atoms. The average Bonchev–Trinajstić information content (AvgIpc) is 2.91. The molecule has 0 aromatic heterocycles. The van der Waals surface area contributed by atoms with Crippen LogP contribution in [0.5, 0.6) is 5.75 Å². The first kappa shape index (κ1) is 32.8. The Morgan fingerprint density at radius 3 is 1.83 bits per heavy atom. The molecule has 0 heterocycles. The van der Waals surface area contributed by atoms with E-state index in [0.29, 0.717) is 11.1 Å². The van der Waals surface area contributed by atoms with Crippen LogP contribution in [0.15, 0.2) is 54.6 Å². The van der Waals surface area contributed by atoms with Gasteiger partial charge in [0.15, 0.2) is 0 Å². The van der Waals surface area contributed by atoms with Gasteiger partial charge in [0.05, 0.1) is 6.04 Å². The minimum atomic E-state index is -1.23. The lowest BCUT2D eigenvalue weighted by molar-refractivity contribution is -0.142. The first-order valence-corrected chi connectivity index (χ1v) is 13.3. The number of hydrogen-bond acceptors (Lipinski definition) is 7. The number of nitrogens with two attached hydrogens (primary N) is 2. The van der Waals surface area contributed by atoms with Crippen LogP contribution in [0.25, 0.3) is 0 Å². The van der Waals surface area contributed by atoms with Gasteiger partial charge in [0.2, 0.25) is 23.6 Å². The normalized spacial score (nSPS) is 13.9. The summed E-state index contributed by atoms with van der Waals surface area (Å²) in [5, 5.41) is 27.1.